The molecule has 0 bridgehead atoms. The number of methoxy groups -OCH3 is 2. The molecule has 0 aliphatic carbocycles. The topological polar surface area (TPSA) is 93.7 Å². The maximum absolute atomic E-state index is 12.9. The molecule has 2 amide bonds. The Kier molecular flexibility index (Phi) is 6.75. The van der Waals surface area contributed by atoms with E-state index in [4.69, 9.17) is 9.47 Å². The van der Waals surface area contributed by atoms with E-state index in [1.807, 2.05) is 24.3 Å². The number of rotatable bonds is 8. The Balaban J connectivity index is 1.73. The number of nitrogens with zero attached hydrogens (tertiary/aromatic N) is 3. The molecule has 150 valence electrons. The summed E-state index contributed by atoms with van der Waals surface area (Å²) >= 11 is 1.07. The highest BCUT2D eigenvalue weighted by atomic mass is 32.1. The van der Waals surface area contributed by atoms with Gasteiger partial charge in [-0.15, -0.1) is 5.10 Å². The predicted octanol–water partition coefficient (Wildman–Crippen LogP) is 2.52. The lowest BCUT2D eigenvalue weighted by Gasteiger charge is -2.22. The van der Waals surface area contributed by atoms with Gasteiger partial charge in [-0.3, -0.25) is 14.5 Å². The lowest BCUT2D eigenvalue weighted by molar-refractivity contribution is -0.119. The van der Waals surface area contributed by atoms with E-state index in [0.717, 1.165) is 22.8 Å². The zero-order valence-corrected chi connectivity index (χ0v) is 16.8. The molecule has 0 unspecified atom stereocenters. The van der Waals surface area contributed by atoms with E-state index >= 15 is 0 Å². The van der Waals surface area contributed by atoms with Crippen molar-refractivity contribution in [2.45, 2.75) is 6.54 Å². The molecular formula is C20H20N4O4S. The molecule has 1 heterocycles. The number of amides is 2. The average molecular weight is 412 g/mol. The van der Waals surface area contributed by atoms with Gasteiger partial charge >= 0.3 is 0 Å². The van der Waals surface area contributed by atoms with Crippen molar-refractivity contribution in [3.05, 3.63) is 65.2 Å². The summed E-state index contributed by atoms with van der Waals surface area (Å²) in [6.07, 6.45) is 0. The van der Waals surface area contributed by atoms with E-state index in [9.17, 15) is 9.59 Å². The molecular weight excluding hydrogens is 392 g/mol. The summed E-state index contributed by atoms with van der Waals surface area (Å²) in [5, 5.41) is 8.20. The van der Waals surface area contributed by atoms with Crippen molar-refractivity contribution in [2.24, 2.45) is 0 Å². The fourth-order valence-corrected chi connectivity index (χ4v) is 3.03. The van der Waals surface area contributed by atoms with Crippen LogP contribution in [0, 0.1) is 0 Å². The molecule has 2 aromatic carbocycles. The molecule has 0 spiro atoms. The summed E-state index contributed by atoms with van der Waals surface area (Å²) in [4.78, 5) is 26.8. The molecule has 0 aliphatic heterocycles. The van der Waals surface area contributed by atoms with Crippen LogP contribution in [0.1, 0.15) is 16.1 Å². The van der Waals surface area contributed by atoms with Crippen molar-refractivity contribution in [3.8, 4) is 11.5 Å². The van der Waals surface area contributed by atoms with Gasteiger partial charge in [-0.2, -0.15) is 0 Å². The molecule has 3 aromatic rings. The van der Waals surface area contributed by atoms with E-state index in [1.54, 1.807) is 36.8 Å². The number of anilines is 1. The smallest absolute Gasteiger partial charge is 0.280 e. The first-order chi connectivity index (χ1) is 14.1. The van der Waals surface area contributed by atoms with E-state index in [-0.39, 0.29) is 18.1 Å². The third-order valence-corrected chi connectivity index (χ3v) is 4.64. The maximum atomic E-state index is 12.9. The maximum Gasteiger partial charge on any atom is 0.280 e. The zero-order valence-electron chi connectivity index (χ0n) is 16.0. The van der Waals surface area contributed by atoms with Crippen LogP contribution in [-0.4, -0.2) is 42.2 Å². The first-order valence-electron chi connectivity index (χ1n) is 8.73. The Labute approximate surface area is 172 Å². The van der Waals surface area contributed by atoms with Crippen molar-refractivity contribution < 1.29 is 19.1 Å². The highest BCUT2D eigenvalue weighted by Crippen LogP contribution is 2.22. The van der Waals surface area contributed by atoms with Gasteiger partial charge in [0.2, 0.25) is 5.91 Å². The van der Waals surface area contributed by atoms with Crippen molar-refractivity contribution in [1.82, 2.24) is 14.9 Å². The number of carbonyl (C=O) groups is 2. The number of ether oxygens (including phenoxy) is 2. The van der Waals surface area contributed by atoms with Gasteiger partial charge in [0, 0.05) is 23.7 Å². The van der Waals surface area contributed by atoms with Gasteiger partial charge in [-0.25, -0.2) is 0 Å². The molecule has 0 radical (unpaired) electrons. The molecule has 9 heteroatoms. The van der Waals surface area contributed by atoms with Crippen molar-refractivity contribution in [1.29, 1.82) is 0 Å². The number of hydrogen-bond donors (Lipinski definition) is 1. The van der Waals surface area contributed by atoms with E-state index in [0.29, 0.717) is 18.0 Å². The van der Waals surface area contributed by atoms with Crippen LogP contribution in [0.2, 0.25) is 0 Å². The van der Waals surface area contributed by atoms with Gasteiger partial charge in [-0.1, -0.05) is 22.7 Å². The fraction of sp³-hybridized carbons (Fsp3) is 0.200. The predicted molar refractivity (Wildman–Crippen MR) is 109 cm³/mol. The van der Waals surface area contributed by atoms with Crippen LogP contribution in [0.15, 0.2) is 53.9 Å². The monoisotopic (exact) mass is 412 g/mol. The van der Waals surface area contributed by atoms with Gasteiger partial charge in [-0.05, 0) is 41.4 Å². The van der Waals surface area contributed by atoms with Gasteiger partial charge in [0.15, 0.2) is 5.69 Å². The highest BCUT2D eigenvalue weighted by Gasteiger charge is 2.23. The van der Waals surface area contributed by atoms with E-state index in [2.05, 4.69) is 14.9 Å². The van der Waals surface area contributed by atoms with Crippen LogP contribution in [0.5, 0.6) is 11.5 Å². The number of aromatic nitrogens is 2. The van der Waals surface area contributed by atoms with Crippen LogP contribution in [0.25, 0.3) is 0 Å². The molecule has 3 rings (SSSR count). The molecule has 8 nitrogen and oxygen atoms in total. The normalized spacial score (nSPS) is 10.3. The minimum absolute atomic E-state index is 0.167. The fourth-order valence-electron chi connectivity index (χ4n) is 2.60. The standard InChI is InChI=1S/C20H20N4O4S/c1-27-16-8-6-14(7-9-16)11-21-19(25)12-24(20(26)18-13-29-23-22-18)15-4-3-5-17(10-15)28-2/h3-10,13H,11-12H2,1-2H3,(H,21,25). The summed E-state index contributed by atoms with van der Waals surface area (Å²) in [5.74, 6) is 0.605. The third kappa shape index (κ3) is 5.29. The molecule has 0 saturated heterocycles. The second-order valence-corrected chi connectivity index (χ2v) is 6.62. The Morgan fingerprint density at radius 2 is 1.83 bits per heavy atom. The molecule has 1 aromatic heterocycles. The minimum atomic E-state index is -0.411. The Morgan fingerprint density at radius 3 is 2.48 bits per heavy atom. The van der Waals surface area contributed by atoms with E-state index in [1.165, 1.54) is 12.0 Å². The number of carbonyl (C=O) groups excluding carboxylic acids is 2. The van der Waals surface area contributed by atoms with Gasteiger partial charge in [0.1, 0.15) is 18.0 Å². The number of nitrogens with one attached hydrogen (secondary N) is 1. The highest BCUT2D eigenvalue weighted by molar-refractivity contribution is 7.03. The van der Waals surface area contributed by atoms with Gasteiger partial charge < -0.3 is 14.8 Å². The number of benzene rings is 2. The lowest BCUT2D eigenvalue weighted by atomic mass is 10.2. The second-order valence-electron chi connectivity index (χ2n) is 6.01. The molecule has 0 atom stereocenters. The summed E-state index contributed by atoms with van der Waals surface area (Å²) < 4.78 is 14.1. The van der Waals surface area contributed by atoms with Crippen LogP contribution in [-0.2, 0) is 11.3 Å². The summed E-state index contributed by atoms with van der Waals surface area (Å²) in [7, 11) is 3.13. The van der Waals surface area contributed by atoms with Crippen LogP contribution in [0.4, 0.5) is 5.69 Å². The second kappa shape index (κ2) is 9.65. The first kappa shape index (κ1) is 20.3. The molecule has 0 fully saturated rings. The lowest BCUT2D eigenvalue weighted by Crippen LogP contribution is -2.41. The largest absolute Gasteiger partial charge is 0.497 e. The minimum Gasteiger partial charge on any atom is -0.497 e. The first-order valence-corrected chi connectivity index (χ1v) is 9.57. The molecule has 1 N–H and O–H groups in total. The van der Waals surface area contributed by atoms with Crippen molar-refractivity contribution in [2.75, 3.05) is 25.7 Å². The molecule has 29 heavy (non-hydrogen) atoms. The van der Waals surface area contributed by atoms with Gasteiger partial charge in [0.25, 0.3) is 5.91 Å². The van der Waals surface area contributed by atoms with Crippen LogP contribution >= 0.6 is 11.5 Å². The Hall–Kier alpha value is -3.46. The third-order valence-electron chi connectivity index (χ3n) is 4.14. The molecule has 0 aliphatic rings. The Morgan fingerprint density at radius 1 is 1.07 bits per heavy atom. The summed E-state index contributed by atoms with van der Waals surface area (Å²) in [5.41, 5.74) is 1.63. The number of hydrogen-bond acceptors (Lipinski definition) is 7. The zero-order chi connectivity index (χ0) is 20.6. The summed E-state index contributed by atoms with van der Waals surface area (Å²) in [6, 6.07) is 14.3. The average Bonchev–Trinajstić information content (AvgIpc) is 3.31. The van der Waals surface area contributed by atoms with Gasteiger partial charge in [0.05, 0.1) is 14.2 Å². The van der Waals surface area contributed by atoms with Crippen LogP contribution in [0.3, 0.4) is 0 Å². The van der Waals surface area contributed by atoms with Crippen molar-refractivity contribution >= 4 is 29.0 Å². The SMILES string of the molecule is COc1ccc(CNC(=O)CN(C(=O)c2csnn2)c2cccc(OC)c2)cc1. The summed E-state index contributed by atoms with van der Waals surface area (Å²) in [6.45, 7) is 0.168. The quantitative estimate of drug-likeness (QED) is 0.611. The van der Waals surface area contributed by atoms with Crippen molar-refractivity contribution in [3.63, 3.8) is 0 Å². The van der Waals surface area contributed by atoms with Crippen LogP contribution < -0.4 is 19.7 Å². The Bertz CT molecular complexity index is 961. The van der Waals surface area contributed by atoms with E-state index < -0.39 is 5.91 Å². The molecule has 0 saturated carbocycles.